The van der Waals surface area contributed by atoms with Gasteiger partial charge in [-0.1, -0.05) is 24.3 Å². The normalized spacial score (nSPS) is 13.1. The van der Waals surface area contributed by atoms with Gasteiger partial charge in [0.05, 0.1) is 0 Å². The number of carbonyl (C=O) groups is 2. The van der Waals surface area contributed by atoms with Crippen LogP contribution in [0.25, 0.3) is 0 Å². The summed E-state index contributed by atoms with van der Waals surface area (Å²) >= 11 is 1.64. The minimum Gasteiger partial charge on any atom is -0.488 e. The molecule has 0 radical (unpaired) electrons. The number of rotatable bonds is 8. The van der Waals surface area contributed by atoms with E-state index in [4.69, 9.17) is 10.5 Å². The second kappa shape index (κ2) is 8.49. The van der Waals surface area contributed by atoms with E-state index in [1.54, 1.807) is 23.5 Å². The molecule has 148 valence electrons. The monoisotopic (exact) mass is 406 g/mol. The molecule has 1 aliphatic rings. The van der Waals surface area contributed by atoms with Crippen LogP contribution in [0.4, 0.5) is 0 Å². The topological polar surface area (TPSA) is 72.6 Å². The van der Waals surface area contributed by atoms with E-state index >= 15 is 0 Å². The molecule has 3 aromatic rings. The van der Waals surface area contributed by atoms with Gasteiger partial charge in [-0.15, -0.1) is 11.3 Å². The number of hydrogen-bond acceptors (Lipinski definition) is 4. The SMILES string of the molecule is NC(=O)c1ccc(CN(C(=O)c2cccc(OCc3cccs3)c2)C2CC2)cc1. The number of carbonyl (C=O) groups excluding carboxylic acids is 2. The van der Waals surface area contributed by atoms with Crippen LogP contribution in [0.15, 0.2) is 66.0 Å². The number of benzene rings is 2. The Morgan fingerprint density at radius 3 is 2.48 bits per heavy atom. The van der Waals surface area contributed by atoms with Gasteiger partial charge in [0.15, 0.2) is 0 Å². The lowest BCUT2D eigenvalue weighted by molar-refractivity contribution is 0.0729. The van der Waals surface area contributed by atoms with Crippen LogP contribution in [0.2, 0.25) is 0 Å². The van der Waals surface area contributed by atoms with Crippen LogP contribution < -0.4 is 10.5 Å². The first-order valence-electron chi connectivity index (χ1n) is 9.55. The predicted octanol–water partition coefficient (Wildman–Crippen LogP) is 4.23. The molecule has 5 nitrogen and oxygen atoms in total. The van der Waals surface area contributed by atoms with Crippen molar-refractivity contribution in [2.75, 3.05) is 0 Å². The smallest absolute Gasteiger partial charge is 0.254 e. The van der Waals surface area contributed by atoms with Gasteiger partial charge in [0.25, 0.3) is 5.91 Å². The molecule has 1 saturated carbocycles. The Morgan fingerprint density at radius 2 is 1.83 bits per heavy atom. The Hall–Kier alpha value is -3.12. The van der Waals surface area contributed by atoms with E-state index < -0.39 is 5.91 Å². The molecule has 29 heavy (non-hydrogen) atoms. The fourth-order valence-electron chi connectivity index (χ4n) is 3.16. The minimum atomic E-state index is -0.453. The summed E-state index contributed by atoms with van der Waals surface area (Å²) in [5, 5.41) is 2.02. The molecular formula is C23H22N2O3S. The van der Waals surface area contributed by atoms with Gasteiger partial charge in [-0.2, -0.15) is 0 Å². The van der Waals surface area contributed by atoms with Crippen molar-refractivity contribution in [3.8, 4) is 5.75 Å². The first kappa shape index (κ1) is 19.2. The summed E-state index contributed by atoms with van der Waals surface area (Å²) in [7, 11) is 0. The summed E-state index contributed by atoms with van der Waals surface area (Å²) in [5.41, 5.74) is 7.36. The summed E-state index contributed by atoms with van der Waals surface area (Å²) in [6.07, 6.45) is 2.03. The molecule has 2 aromatic carbocycles. The van der Waals surface area contributed by atoms with E-state index in [1.807, 2.05) is 58.8 Å². The van der Waals surface area contributed by atoms with E-state index in [-0.39, 0.29) is 11.9 Å². The van der Waals surface area contributed by atoms with E-state index in [9.17, 15) is 9.59 Å². The summed E-state index contributed by atoms with van der Waals surface area (Å²) in [6, 6.07) is 18.7. The highest BCUT2D eigenvalue weighted by Crippen LogP contribution is 2.30. The average molecular weight is 407 g/mol. The van der Waals surface area contributed by atoms with Gasteiger partial charge < -0.3 is 15.4 Å². The number of ether oxygens (including phenoxy) is 1. The van der Waals surface area contributed by atoms with Gasteiger partial charge >= 0.3 is 0 Å². The average Bonchev–Trinajstić information content (AvgIpc) is 3.45. The molecule has 0 aliphatic heterocycles. The zero-order chi connectivity index (χ0) is 20.2. The van der Waals surface area contributed by atoms with Crippen molar-refractivity contribution in [2.45, 2.75) is 32.0 Å². The fourth-order valence-corrected chi connectivity index (χ4v) is 3.77. The number of primary amides is 1. The third-order valence-corrected chi connectivity index (χ3v) is 5.73. The molecular weight excluding hydrogens is 384 g/mol. The lowest BCUT2D eigenvalue weighted by Gasteiger charge is -2.23. The second-order valence-corrected chi connectivity index (χ2v) is 8.15. The molecule has 1 heterocycles. The Balaban J connectivity index is 1.47. The zero-order valence-electron chi connectivity index (χ0n) is 15.9. The molecule has 1 fully saturated rings. The standard InChI is InChI=1S/C23H22N2O3S/c24-22(26)17-8-6-16(7-9-17)14-25(19-10-11-19)23(27)18-3-1-4-20(13-18)28-15-21-5-2-12-29-21/h1-9,12-13,19H,10-11,14-15H2,(H2,24,26). The first-order chi connectivity index (χ1) is 14.1. The third-order valence-electron chi connectivity index (χ3n) is 4.88. The van der Waals surface area contributed by atoms with Gasteiger partial charge in [-0.05, 0) is 60.2 Å². The predicted molar refractivity (Wildman–Crippen MR) is 113 cm³/mol. The van der Waals surface area contributed by atoms with Crippen molar-refractivity contribution in [3.63, 3.8) is 0 Å². The number of thiophene rings is 1. The summed E-state index contributed by atoms with van der Waals surface area (Å²) in [6.45, 7) is 0.997. The number of nitrogens with two attached hydrogens (primary N) is 1. The van der Waals surface area contributed by atoms with E-state index in [0.717, 1.165) is 23.3 Å². The van der Waals surface area contributed by atoms with Crippen LogP contribution in [-0.4, -0.2) is 22.8 Å². The van der Waals surface area contributed by atoms with Crippen LogP contribution in [0.3, 0.4) is 0 Å². The van der Waals surface area contributed by atoms with Crippen LogP contribution >= 0.6 is 11.3 Å². The number of hydrogen-bond donors (Lipinski definition) is 1. The Bertz CT molecular complexity index is 995. The van der Waals surface area contributed by atoms with Crippen LogP contribution in [-0.2, 0) is 13.2 Å². The Morgan fingerprint density at radius 1 is 1.03 bits per heavy atom. The molecule has 0 unspecified atom stereocenters. The minimum absolute atomic E-state index is 0.00643. The van der Waals surface area contributed by atoms with Crippen LogP contribution in [0.5, 0.6) is 5.75 Å². The fraction of sp³-hybridized carbons (Fsp3) is 0.217. The van der Waals surface area contributed by atoms with Crippen molar-refractivity contribution < 1.29 is 14.3 Å². The van der Waals surface area contributed by atoms with Crippen LogP contribution in [0.1, 0.15) is 44.0 Å². The number of nitrogens with zero attached hydrogens (tertiary/aromatic N) is 1. The van der Waals surface area contributed by atoms with Gasteiger partial charge in [0.1, 0.15) is 12.4 Å². The summed E-state index contributed by atoms with van der Waals surface area (Å²) in [5.74, 6) is 0.227. The zero-order valence-corrected chi connectivity index (χ0v) is 16.7. The highest BCUT2D eigenvalue weighted by molar-refractivity contribution is 7.09. The van der Waals surface area contributed by atoms with Crippen molar-refractivity contribution in [3.05, 3.63) is 87.6 Å². The van der Waals surface area contributed by atoms with E-state index in [0.29, 0.717) is 30.0 Å². The van der Waals surface area contributed by atoms with E-state index in [1.165, 1.54) is 0 Å². The van der Waals surface area contributed by atoms with Crippen molar-refractivity contribution >= 4 is 23.2 Å². The molecule has 2 amide bonds. The molecule has 6 heteroatoms. The highest BCUT2D eigenvalue weighted by Gasteiger charge is 2.33. The maximum atomic E-state index is 13.2. The highest BCUT2D eigenvalue weighted by atomic mass is 32.1. The molecule has 1 aliphatic carbocycles. The molecule has 0 atom stereocenters. The van der Waals surface area contributed by atoms with Crippen molar-refractivity contribution in [1.82, 2.24) is 4.90 Å². The van der Waals surface area contributed by atoms with Crippen LogP contribution in [0, 0.1) is 0 Å². The maximum Gasteiger partial charge on any atom is 0.254 e. The molecule has 0 spiro atoms. The largest absolute Gasteiger partial charge is 0.488 e. The lowest BCUT2D eigenvalue weighted by Crippen LogP contribution is -2.32. The number of amides is 2. The molecule has 4 rings (SSSR count). The molecule has 0 bridgehead atoms. The van der Waals surface area contributed by atoms with Crippen molar-refractivity contribution in [1.29, 1.82) is 0 Å². The quantitative estimate of drug-likeness (QED) is 0.608. The second-order valence-electron chi connectivity index (χ2n) is 7.12. The summed E-state index contributed by atoms with van der Waals surface area (Å²) < 4.78 is 5.85. The van der Waals surface area contributed by atoms with Gasteiger partial charge in [-0.3, -0.25) is 9.59 Å². The van der Waals surface area contributed by atoms with E-state index in [2.05, 4.69) is 0 Å². The van der Waals surface area contributed by atoms with Crippen molar-refractivity contribution in [2.24, 2.45) is 5.73 Å². The summed E-state index contributed by atoms with van der Waals surface area (Å²) in [4.78, 5) is 27.5. The maximum absolute atomic E-state index is 13.2. The third kappa shape index (κ3) is 4.84. The van der Waals surface area contributed by atoms with Gasteiger partial charge in [0, 0.05) is 28.6 Å². The molecule has 1 aromatic heterocycles. The lowest BCUT2D eigenvalue weighted by atomic mass is 10.1. The van der Waals surface area contributed by atoms with Gasteiger partial charge in [0.2, 0.25) is 5.91 Å². The Kier molecular flexibility index (Phi) is 5.62. The first-order valence-corrected chi connectivity index (χ1v) is 10.4. The Labute approximate surface area is 173 Å². The van der Waals surface area contributed by atoms with Gasteiger partial charge in [-0.25, -0.2) is 0 Å². The molecule has 2 N–H and O–H groups in total. The molecule has 0 saturated heterocycles.